The molecule has 0 unspecified atom stereocenters. The summed E-state index contributed by atoms with van der Waals surface area (Å²) in [6.45, 7) is 7.23. The first-order valence-electron chi connectivity index (χ1n) is 8.98. The molecule has 0 saturated carbocycles. The van der Waals surface area contributed by atoms with Crippen LogP contribution < -0.4 is 14.8 Å². The molecule has 5 heteroatoms. The summed E-state index contributed by atoms with van der Waals surface area (Å²) < 4.78 is 11.2. The molecule has 1 fully saturated rings. The van der Waals surface area contributed by atoms with Crippen LogP contribution in [0.25, 0.3) is 0 Å². The van der Waals surface area contributed by atoms with Crippen LogP contribution in [0.1, 0.15) is 38.7 Å². The van der Waals surface area contributed by atoms with Gasteiger partial charge in [0, 0.05) is 12.5 Å². The highest BCUT2D eigenvalue weighted by Crippen LogP contribution is 2.29. The van der Waals surface area contributed by atoms with Gasteiger partial charge in [-0.1, -0.05) is 6.07 Å². The smallest absolute Gasteiger partial charge is 0.220 e. The zero-order valence-corrected chi connectivity index (χ0v) is 15.1. The third-order valence-corrected chi connectivity index (χ3v) is 4.33. The number of nitrogens with zero attached hydrogens (tertiary/aromatic N) is 1. The SMILES string of the molecule is CCOc1ccc(CCC(=O)NC2CCN(C)CC2)cc1OCC. The van der Waals surface area contributed by atoms with Gasteiger partial charge in [-0.25, -0.2) is 0 Å². The van der Waals surface area contributed by atoms with Crippen LogP contribution in [0, 0.1) is 0 Å². The molecule has 0 atom stereocenters. The van der Waals surface area contributed by atoms with Crippen molar-refractivity contribution in [3.63, 3.8) is 0 Å². The molecule has 5 nitrogen and oxygen atoms in total. The summed E-state index contributed by atoms with van der Waals surface area (Å²) >= 11 is 0. The van der Waals surface area contributed by atoms with Crippen molar-refractivity contribution < 1.29 is 14.3 Å². The Morgan fingerprint density at radius 1 is 1.17 bits per heavy atom. The third-order valence-electron chi connectivity index (χ3n) is 4.33. The Morgan fingerprint density at radius 2 is 1.83 bits per heavy atom. The van der Waals surface area contributed by atoms with Crippen molar-refractivity contribution in [2.45, 2.75) is 45.6 Å². The van der Waals surface area contributed by atoms with Crippen LogP contribution in [0.4, 0.5) is 0 Å². The molecule has 0 spiro atoms. The molecule has 1 heterocycles. The van der Waals surface area contributed by atoms with Gasteiger partial charge in [-0.05, 0) is 70.9 Å². The molecule has 1 aromatic rings. The van der Waals surface area contributed by atoms with Crippen molar-refractivity contribution >= 4 is 5.91 Å². The number of carbonyl (C=O) groups is 1. The summed E-state index contributed by atoms with van der Waals surface area (Å²) in [5.41, 5.74) is 1.10. The second-order valence-electron chi connectivity index (χ2n) is 6.29. The predicted molar refractivity (Wildman–Crippen MR) is 95.8 cm³/mol. The molecule has 1 aliphatic rings. The summed E-state index contributed by atoms with van der Waals surface area (Å²) in [7, 11) is 2.12. The van der Waals surface area contributed by atoms with Gasteiger partial charge in [-0.2, -0.15) is 0 Å². The van der Waals surface area contributed by atoms with Crippen LogP contribution in [-0.2, 0) is 11.2 Å². The fourth-order valence-corrected chi connectivity index (χ4v) is 2.96. The molecule has 1 saturated heterocycles. The van der Waals surface area contributed by atoms with Gasteiger partial charge >= 0.3 is 0 Å². The number of likely N-dealkylation sites (tertiary alicyclic amines) is 1. The minimum atomic E-state index is 0.136. The molecular formula is C19H30N2O3. The van der Waals surface area contributed by atoms with Crippen molar-refractivity contribution in [2.24, 2.45) is 0 Å². The molecule has 1 amide bonds. The highest BCUT2D eigenvalue weighted by molar-refractivity contribution is 5.76. The van der Waals surface area contributed by atoms with Gasteiger partial charge in [0.05, 0.1) is 13.2 Å². The number of amides is 1. The number of piperidine rings is 1. The topological polar surface area (TPSA) is 50.8 Å². The van der Waals surface area contributed by atoms with E-state index in [1.807, 2.05) is 32.0 Å². The van der Waals surface area contributed by atoms with Gasteiger partial charge in [-0.3, -0.25) is 4.79 Å². The van der Waals surface area contributed by atoms with E-state index in [1.165, 1.54) is 0 Å². The van der Waals surface area contributed by atoms with E-state index in [0.29, 0.717) is 32.1 Å². The van der Waals surface area contributed by atoms with E-state index in [4.69, 9.17) is 9.47 Å². The van der Waals surface area contributed by atoms with E-state index in [9.17, 15) is 4.79 Å². The predicted octanol–water partition coefficient (Wildman–Crippen LogP) is 2.63. The highest BCUT2D eigenvalue weighted by atomic mass is 16.5. The lowest BCUT2D eigenvalue weighted by Crippen LogP contribution is -2.43. The largest absolute Gasteiger partial charge is 0.490 e. The monoisotopic (exact) mass is 334 g/mol. The lowest BCUT2D eigenvalue weighted by atomic mass is 10.0. The van der Waals surface area contributed by atoms with Gasteiger partial charge in [0.25, 0.3) is 0 Å². The van der Waals surface area contributed by atoms with Gasteiger partial charge in [-0.15, -0.1) is 0 Å². The molecule has 0 bridgehead atoms. The van der Waals surface area contributed by atoms with Crippen LogP contribution >= 0.6 is 0 Å². The fraction of sp³-hybridized carbons (Fsp3) is 0.632. The van der Waals surface area contributed by atoms with Gasteiger partial charge in [0.1, 0.15) is 0 Å². The van der Waals surface area contributed by atoms with E-state index >= 15 is 0 Å². The summed E-state index contributed by atoms with van der Waals surface area (Å²) in [5.74, 6) is 1.66. The standard InChI is InChI=1S/C19H30N2O3/c1-4-23-17-8-6-15(14-18(17)24-5-2)7-9-19(22)20-16-10-12-21(3)13-11-16/h6,8,14,16H,4-5,7,9-13H2,1-3H3,(H,20,22). The van der Waals surface area contributed by atoms with E-state index < -0.39 is 0 Å². The van der Waals surface area contributed by atoms with Gasteiger partial charge < -0.3 is 19.7 Å². The molecule has 1 aromatic carbocycles. The quantitative estimate of drug-likeness (QED) is 0.794. The Hall–Kier alpha value is -1.75. The number of nitrogens with one attached hydrogen (secondary N) is 1. The maximum Gasteiger partial charge on any atom is 0.220 e. The maximum atomic E-state index is 12.2. The molecule has 1 aliphatic heterocycles. The number of rotatable bonds is 8. The molecule has 2 rings (SSSR count). The number of ether oxygens (including phenoxy) is 2. The van der Waals surface area contributed by atoms with Crippen LogP contribution in [0.5, 0.6) is 11.5 Å². The summed E-state index contributed by atoms with van der Waals surface area (Å²) in [6.07, 6.45) is 3.30. The maximum absolute atomic E-state index is 12.2. The Labute approximate surface area is 145 Å². The van der Waals surface area contributed by atoms with Crippen LogP contribution in [-0.4, -0.2) is 50.2 Å². The lowest BCUT2D eigenvalue weighted by molar-refractivity contribution is -0.122. The lowest BCUT2D eigenvalue weighted by Gasteiger charge is -2.29. The van der Waals surface area contributed by atoms with Crippen molar-refractivity contribution in [3.8, 4) is 11.5 Å². The first kappa shape index (κ1) is 18.6. The van der Waals surface area contributed by atoms with Crippen molar-refractivity contribution in [2.75, 3.05) is 33.4 Å². The molecule has 24 heavy (non-hydrogen) atoms. The summed E-state index contributed by atoms with van der Waals surface area (Å²) in [4.78, 5) is 14.5. The van der Waals surface area contributed by atoms with E-state index in [1.54, 1.807) is 0 Å². The average Bonchev–Trinajstić information content (AvgIpc) is 2.57. The number of carbonyl (C=O) groups excluding carboxylic acids is 1. The molecule has 1 N–H and O–H groups in total. The number of benzene rings is 1. The van der Waals surface area contributed by atoms with Crippen molar-refractivity contribution in [1.82, 2.24) is 10.2 Å². The van der Waals surface area contributed by atoms with Crippen molar-refractivity contribution in [3.05, 3.63) is 23.8 Å². The fourth-order valence-electron chi connectivity index (χ4n) is 2.96. The highest BCUT2D eigenvalue weighted by Gasteiger charge is 2.18. The Morgan fingerprint density at radius 3 is 2.50 bits per heavy atom. The first-order chi connectivity index (χ1) is 11.6. The van der Waals surface area contributed by atoms with Crippen LogP contribution in [0.2, 0.25) is 0 Å². The first-order valence-corrected chi connectivity index (χ1v) is 8.98. The van der Waals surface area contributed by atoms with E-state index in [0.717, 1.165) is 43.0 Å². The number of hydrogen-bond acceptors (Lipinski definition) is 4. The Balaban J connectivity index is 1.84. The Bertz CT molecular complexity index is 525. The van der Waals surface area contributed by atoms with E-state index in [-0.39, 0.29) is 5.91 Å². The zero-order chi connectivity index (χ0) is 17.4. The van der Waals surface area contributed by atoms with Gasteiger partial charge in [0.2, 0.25) is 5.91 Å². The molecule has 0 radical (unpaired) electrons. The molecule has 0 aliphatic carbocycles. The normalized spacial score (nSPS) is 16.0. The number of aryl methyl sites for hydroxylation is 1. The summed E-state index contributed by atoms with van der Waals surface area (Å²) in [5, 5.41) is 3.16. The zero-order valence-electron chi connectivity index (χ0n) is 15.1. The summed E-state index contributed by atoms with van der Waals surface area (Å²) in [6, 6.07) is 6.25. The van der Waals surface area contributed by atoms with Crippen LogP contribution in [0.3, 0.4) is 0 Å². The molecule has 134 valence electrons. The average molecular weight is 334 g/mol. The van der Waals surface area contributed by atoms with Crippen LogP contribution in [0.15, 0.2) is 18.2 Å². The minimum Gasteiger partial charge on any atom is -0.490 e. The van der Waals surface area contributed by atoms with Crippen molar-refractivity contribution in [1.29, 1.82) is 0 Å². The number of hydrogen-bond donors (Lipinski definition) is 1. The molecule has 0 aromatic heterocycles. The second-order valence-corrected chi connectivity index (χ2v) is 6.29. The third kappa shape index (κ3) is 5.71. The minimum absolute atomic E-state index is 0.136. The Kier molecular flexibility index (Phi) is 7.37. The van der Waals surface area contributed by atoms with Gasteiger partial charge in [0.15, 0.2) is 11.5 Å². The second kappa shape index (κ2) is 9.52. The van der Waals surface area contributed by atoms with E-state index in [2.05, 4.69) is 17.3 Å². The molecular weight excluding hydrogens is 304 g/mol.